The summed E-state index contributed by atoms with van der Waals surface area (Å²) >= 11 is 0. The Morgan fingerprint density at radius 3 is 2.18 bits per heavy atom. The van der Waals surface area contributed by atoms with Gasteiger partial charge in [0.05, 0.1) is 5.69 Å². The summed E-state index contributed by atoms with van der Waals surface area (Å²) in [7, 11) is 0. The molecule has 0 aliphatic rings. The van der Waals surface area contributed by atoms with Crippen LogP contribution in [0.5, 0.6) is 0 Å². The molecule has 2 heterocycles. The van der Waals surface area contributed by atoms with Crippen molar-refractivity contribution in [1.29, 1.82) is 0 Å². The topological polar surface area (TPSA) is 26.0 Å². The largest absolute Gasteiger partial charge is 0.460 e. The summed E-state index contributed by atoms with van der Waals surface area (Å²) in [6.07, 6.45) is 1.83. The zero-order valence-corrected chi connectivity index (χ0v) is 11.6. The lowest BCUT2D eigenvalue weighted by Gasteiger charge is -2.17. The van der Waals surface area contributed by atoms with Crippen LogP contribution in [0.2, 0.25) is 0 Å². The molecule has 0 aliphatic carbocycles. The molecule has 0 N–H and O–H groups in total. The van der Waals surface area contributed by atoms with Gasteiger partial charge in [0.1, 0.15) is 11.3 Å². The molecule has 0 fully saturated rings. The van der Waals surface area contributed by atoms with Crippen LogP contribution in [-0.2, 0) is 10.8 Å². The van der Waals surface area contributed by atoms with E-state index in [1.54, 1.807) is 0 Å². The third-order valence-electron chi connectivity index (χ3n) is 2.90. The van der Waals surface area contributed by atoms with E-state index in [0.717, 1.165) is 22.4 Å². The van der Waals surface area contributed by atoms with Crippen molar-refractivity contribution < 1.29 is 4.42 Å². The zero-order chi connectivity index (χ0) is 12.8. The number of rotatable bonds is 0. The fourth-order valence-electron chi connectivity index (χ4n) is 1.93. The van der Waals surface area contributed by atoms with Gasteiger partial charge in [-0.2, -0.15) is 0 Å². The van der Waals surface area contributed by atoms with Gasteiger partial charge in [0.15, 0.2) is 0 Å². The summed E-state index contributed by atoms with van der Waals surface area (Å²) < 4.78 is 5.93. The van der Waals surface area contributed by atoms with Gasteiger partial charge in [-0.15, -0.1) is 0 Å². The van der Waals surface area contributed by atoms with Gasteiger partial charge in [-0.25, -0.2) is 0 Å². The van der Waals surface area contributed by atoms with Gasteiger partial charge in [-0.05, 0) is 12.1 Å². The average molecular weight is 231 g/mol. The number of hydrogen-bond acceptors (Lipinski definition) is 2. The molecule has 0 amide bonds. The molecule has 0 aromatic carbocycles. The highest BCUT2D eigenvalue weighted by atomic mass is 16.3. The second-order valence-corrected chi connectivity index (χ2v) is 6.68. The molecule has 0 radical (unpaired) electrons. The van der Waals surface area contributed by atoms with Crippen LogP contribution < -0.4 is 0 Å². The Hall–Kier alpha value is -1.31. The van der Waals surface area contributed by atoms with Gasteiger partial charge in [-0.3, -0.25) is 4.98 Å². The second-order valence-electron chi connectivity index (χ2n) is 6.68. The molecule has 0 bridgehead atoms. The van der Waals surface area contributed by atoms with Gasteiger partial charge in [0, 0.05) is 22.4 Å². The predicted octanol–water partition coefficient (Wildman–Crippen LogP) is 4.42. The number of aromatic nitrogens is 1. The smallest absolute Gasteiger partial charge is 0.137 e. The maximum atomic E-state index is 5.93. The quantitative estimate of drug-likeness (QED) is 0.670. The standard InChI is InChI=1S/C15H21NO/c1-14(2,3)12-9-10-11(17-12)7-8-16-13(10)15(4,5)6/h7-9H,1-6H3. The highest BCUT2D eigenvalue weighted by Crippen LogP contribution is 2.33. The molecule has 0 atom stereocenters. The first-order chi connectivity index (χ1) is 7.69. The Balaban J connectivity index is 2.70. The summed E-state index contributed by atoms with van der Waals surface area (Å²) in [4.78, 5) is 4.51. The summed E-state index contributed by atoms with van der Waals surface area (Å²) in [6, 6.07) is 4.09. The van der Waals surface area contributed by atoms with Crippen molar-refractivity contribution in [2.45, 2.75) is 52.4 Å². The Kier molecular flexibility index (Phi) is 2.57. The Bertz CT molecular complexity index is 538. The van der Waals surface area contributed by atoms with E-state index in [9.17, 15) is 0 Å². The number of hydrogen-bond donors (Lipinski definition) is 0. The molecule has 2 rings (SSSR count). The van der Waals surface area contributed by atoms with Crippen LogP contribution in [0.4, 0.5) is 0 Å². The lowest BCUT2D eigenvalue weighted by Crippen LogP contribution is -2.13. The third kappa shape index (κ3) is 2.21. The van der Waals surface area contributed by atoms with E-state index in [4.69, 9.17) is 4.42 Å². The first-order valence-corrected chi connectivity index (χ1v) is 6.09. The molecular weight excluding hydrogens is 210 g/mol. The second kappa shape index (κ2) is 3.59. The SMILES string of the molecule is CC(C)(C)c1cc2c(C(C)(C)C)nccc2o1. The highest BCUT2D eigenvalue weighted by Gasteiger charge is 2.24. The van der Waals surface area contributed by atoms with Crippen LogP contribution in [0.1, 0.15) is 53.0 Å². The summed E-state index contributed by atoms with van der Waals surface area (Å²) in [5.74, 6) is 1.02. The minimum atomic E-state index is 0.0359. The van der Waals surface area contributed by atoms with Gasteiger partial charge in [0.25, 0.3) is 0 Å². The monoisotopic (exact) mass is 231 g/mol. The lowest BCUT2D eigenvalue weighted by atomic mass is 9.88. The molecule has 2 aromatic heterocycles. The molecule has 2 aromatic rings. The molecular formula is C15H21NO. The van der Waals surface area contributed by atoms with Crippen LogP contribution in [-0.4, -0.2) is 4.98 Å². The highest BCUT2D eigenvalue weighted by molar-refractivity contribution is 5.81. The van der Waals surface area contributed by atoms with E-state index in [1.807, 2.05) is 12.3 Å². The zero-order valence-electron chi connectivity index (χ0n) is 11.6. The van der Waals surface area contributed by atoms with Gasteiger partial charge >= 0.3 is 0 Å². The third-order valence-corrected chi connectivity index (χ3v) is 2.90. The van der Waals surface area contributed by atoms with E-state index in [0.29, 0.717) is 0 Å². The van der Waals surface area contributed by atoms with Gasteiger partial charge < -0.3 is 4.42 Å². The van der Waals surface area contributed by atoms with Crippen molar-refractivity contribution in [3.05, 3.63) is 29.8 Å². The van der Waals surface area contributed by atoms with Crippen molar-refractivity contribution >= 4 is 11.0 Å². The number of fused-ring (bicyclic) bond motifs is 1. The van der Waals surface area contributed by atoms with E-state index in [-0.39, 0.29) is 10.8 Å². The number of nitrogens with zero attached hydrogens (tertiary/aromatic N) is 1. The maximum absolute atomic E-state index is 5.93. The molecule has 0 saturated carbocycles. The molecule has 0 unspecified atom stereocenters. The lowest BCUT2D eigenvalue weighted by molar-refractivity contribution is 0.430. The Morgan fingerprint density at radius 1 is 1.00 bits per heavy atom. The molecule has 0 spiro atoms. The van der Waals surface area contributed by atoms with Crippen LogP contribution in [0.25, 0.3) is 11.0 Å². The van der Waals surface area contributed by atoms with Crippen LogP contribution >= 0.6 is 0 Å². The predicted molar refractivity (Wildman–Crippen MR) is 71.4 cm³/mol. The molecule has 92 valence electrons. The average Bonchev–Trinajstić information content (AvgIpc) is 2.57. The van der Waals surface area contributed by atoms with Gasteiger partial charge in [-0.1, -0.05) is 41.5 Å². The van der Waals surface area contributed by atoms with Crippen LogP contribution in [0.3, 0.4) is 0 Å². The fraction of sp³-hybridized carbons (Fsp3) is 0.533. The van der Waals surface area contributed by atoms with E-state index >= 15 is 0 Å². The van der Waals surface area contributed by atoms with E-state index in [1.165, 1.54) is 0 Å². The molecule has 17 heavy (non-hydrogen) atoms. The molecule has 0 aliphatic heterocycles. The van der Waals surface area contributed by atoms with Crippen LogP contribution in [0, 0.1) is 0 Å². The Morgan fingerprint density at radius 2 is 1.65 bits per heavy atom. The van der Waals surface area contributed by atoms with E-state index in [2.05, 4.69) is 52.6 Å². The van der Waals surface area contributed by atoms with Crippen molar-refractivity contribution in [2.24, 2.45) is 0 Å². The molecule has 0 saturated heterocycles. The van der Waals surface area contributed by atoms with Gasteiger partial charge in [0.2, 0.25) is 0 Å². The van der Waals surface area contributed by atoms with Crippen molar-refractivity contribution in [3.8, 4) is 0 Å². The maximum Gasteiger partial charge on any atom is 0.137 e. The molecule has 2 heteroatoms. The summed E-state index contributed by atoms with van der Waals surface area (Å²) in [6.45, 7) is 13.0. The summed E-state index contributed by atoms with van der Waals surface area (Å²) in [5, 5.41) is 1.14. The summed E-state index contributed by atoms with van der Waals surface area (Å²) in [5.41, 5.74) is 2.12. The van der Waals surface area contributed by atoms with Crippen molar-refractivity contribution in [3.63, 3.8) is 0 Å². The minimum absolute atomic E-state index is 0.0359. The van der Waals surface area contributed by atoms with E-state index < -0.39 is 0 Å². The normalized spacial score (nSPS) is 13.3. The minimum Gasteiger partial charge on any atom is -0.460 e. The number of furan rings is 1. The Labute approximate surface area is 103 Å². The van der Waals surface area contributed by atoms with Crippen molar-refractivity contribution in [1.82, 2.24) is 4.98 Å². The van der Waals surface area contributed by atoms with Crippen molar-refractivity contribution in [2.75, 3.05) is 0 Å². The van der Waals surface area contributed by atoms with Crippen LogP contribution in [0.15, 0.2) is 22.7 Å². The first kappa shape index (κ1) is 12.2. The first-order valence-electron chi connectivity index (χ1n) is 6.09. The molecule has 2 nitrogen and oxygen atoms in total. The number of pyridine rings is 1. The fourth-order valence-corrected chi connectivity index (χ4v) is 1.93.